The molecule has 1 aromatic carbocycles. The van der Waals surface area contributed by atoms with Gasteiger partial charge in [0.15, 0.2) is 5.78 Å². The smallest absolute Gasteiger partial charge is 0.178 e. The molecule has 2 heterocycles. The lowest BCUT2D eigenvalue weighted by molar-refractivity contribution is 0.101. The van der Waals surface area contributed by atoms with Crippen molar-refractivity contribution < 1.29 is 9.53 Å². The van der Waals surface area contributed by atoms with Crippen LogP contribution in [-0.4, -0.2) is 15.8 Å². The number of pyridine rings is 2. The van der Waals surface area contributed by atoms with Crippen LogP contribution < -0.4 is 4.74 Å². The van der Waals surface area contributed by atoms with E-state index in [1.807, 2.05) is 30.3 Å². The molecule has 0 aliphatic heterocycles. The summed E-state index contributed by atoms with van der Waals surface area (Å²) in [5.41, 5.74) is 1.30. The average Bonchev–Trinajstić information content (AvgIpc) is 2.48. The molecule has 0 saturated heterocycles. The van der Waals surface area contributed by atoms with Crippen LogP contribution in [0.3, 0.4) is 0 Å². The van der Waals surface area contributed by atoms with Gasteiger partial charge in [0, 0.05) is 24.6 Å². The molecule has 0 atom stereocenters. The largest absolute Gasteiger partial charge is 0.456 e. The minimum atomic E-state index is -0.0635. The molecular formula is C16H12N2O2. The summed E-state index contributed by atoms with van der Waals surface area (Å²) in [6.45, 7) is 1.48. The lowest BCUT2D eigenvalue weighted by atomic mass is 10.2. The van der Waals surface area contributed by atoms with Crippen LogP contribution in [0.15, 0.2) is 54.9 Å². The van der Waals surface area contributed by atoms with Crippen LogP contribution in [0.25, 0.3) is 10.9 Å². The molecule has 3 aromatic rings. The molecule has 0 saturated carbocycles. The van der Waals surface area contributed by atoms with E-state index in [9.17, 15) is 4.79 Å². The van der Waals surface area contributed by atoms with E-state index in [2.05, 4.69) is 9.97 Å². The molecule has 0 spiro atoms. The van der Waals surface area contributed by atoms with Gasteiger partial charge in [-0.25, -0.2) is 4.98 Å². The minimum Gasteiger partial charge on any atom is -0.456 e. The van der Waals surface area contributed by atoms with Crippen molar-refractivity contribution in [1.29, 1.82) is 0 Å². The number of ether oxygens (including phenoxy) is 1. The summed E-state index contributed by atoms with van der Waals surface area (Å²) in [6, 6.07) is 13.0. The second-order valence-corrected chi connectivity index (χ2v) is 4.40. The molecule has 0 aliphatic rings. The van der Waals surface area contributed by atoms with Crippen molar-refractivity contribution in [1.82, 2.24) is 9.97 Å². The fourth-order valence-electron chi connectivity index (χ4n) is 1.89. The number of hydrogen-bond acceptors (Lipinski definition) is 4. The predicted molar refractivity (Wildman–Crippen MR) is 76.1 cm³/mol. The van der Waals surface area contributed by atoms with Gasteiger partial charge in [-0.15, -0.1) is 0 Å². The van der Waals surface area contributed by atoms with Gasteiger partial charge in [-0.05, 0) is 30.3 Å². The second kappa shape index (κ2) is 5.09. The van der Waals surface area contributed by atoms with Crippen LogP contribution in [-0.2, 0) is 0 Å². The molecule has 4 nitrogen and oxygen atoms in total. The first kappa shape index (κ1) is 12.3. The van der Waals surface area contributed by atoms with Crippen molar-refractivity contribution in [2.45, 2.75) is 6.92 Å². The first-order valence-electron chi connectivity index (χ1n) is 6.22. The first-order valence-corrected chi connectivity index (χ1v) is 6.22. The molecule has 0 radical (unpaired) electrons. The van der Waals surface area contributed by atoms with Crippen molar-refractivity contribution in [3.05, 3.63) is 60.6 Å². The number of carbonyl (C=O) groups is 1. The molecule has 0 N–H and O–H groups in total. The highest BCUT2D eigenvalue weighted by atomic mass is 16.5. The van der Waals surface area contributed by atoms with Crippen LogP contribution in [0.5, 0.6) is 11.5 Å². The summed E-state index contributed by atoms with van der Waals surface area (Å²) < 4.78 is 5.71. The summed E-state index contributed by atoms with van der Waals surface area (Å²) in [4.78, 5) is 19.5. The maximum absolute atomic E-state index is 11.1. The van der Waals surface area contributed by atoms with Crippen LogP contribution in [0.4, 0.5) is 0 Å². The van der Waals surface area contributed by atoms with E-state index < -0.39 is 0 Å². The van der Waals surface area contributed by atoms with Gasteiger partial charge in [0.1, 0.15) is 17.2 Å². The monoisotopic (exact) mass is 264 g/mol. The molecule has 20 heavy (non-hydrogen) atoms. The van der Waals surface area contributed by atoms with Crippen LogP contribution >= 0.6 is 0 Å². The van der Waals surface area contributed by atoms with Gasteiger partial charge in [0.2, 0.25) is 0 Å². The van der Waals surface area contributed by atoms with Gasteiger partial charge in [-0.1, -0.05) is 6.07 Å². The normalized spacial score (nSPS) is 10.4. The minimum absolute atomic E-state index is 0.0635. The summed E-state index contributed by atoms with van der Waals surface area (Å²) in [7, 11) is 0. The van der Waals surface area contributed by atoms with E-state index in [1.54, 1.807) is 24.5 Å². The van der Waals surface area contributed by atoms with Gasteiger partial charge in [-0.3, -0.25) is 9.78 Å². The molecular weight excluding hydrogens is 252 g/mol. The quantitative estimate of drug-likeness (QED) is 0.678. The molecule has 0 aliphatic carbocycles. The highest BCUT2D eigenvalue weighted by molar-refractivity contribution is 5.92. The lowest BCUT2D eigenvalue weighted by Gasteiger charge is -2.06. The van der Waals surface area contributed by atoms with Crippen molar-refractivity contribution >= 4 is 16.7 Å². The second-order valence-electron chi connectivity index (χ2n) is 4.40. The molecule has 4 heteroatoms. The average molecular weight is 264 g/mol. The Hall–Kier alpha value is -2.75. The SMILES string of the molecule is CC(=O)c1ccc(Oc2ccc3cccnc3c2)cn1. The van der Waals surface area contributed by atoms with Crippen LogP contribution in [0.1, 0.15) is 17.4 Å². The predicted octanol–water partition coefficient (Wildman–Crippen LogP) is 3.62. The third-order valence-corrected chi connectivity index (χ3v) is 2.91. The molecule has 0 amide bonds. The van der Waals surface area contributed by atoms with Crippen molar-refractivity contribution in [3.63, 3.8) is 0 Å². The molecule has 3 rings (SSSR count). The number of fused-ring (bicyclic) bond motifs is 1. The number of aromatic nitrogens is 2. The third-order valence-electron chi connectivity index (χ3n) is 2.91. The number of Topliss-reactive ketones (excluding diaryl/α,β-unsaturated/α-hetero) is 1. The molecule has 98 valence electrons. The Balaban J connectivity index is 1.87. The van der Waals surface area contributed by atoms with E-state index >= 15 is 0 Å². The number of nitrogens with zero attached hydrogens (tertiary/aromatic N) is 2. The topological polar surface area (TPSA) is 52.1 Å². The van der Waals surface area contributed by atoms with Gasteiger partial charge in [0.05, 0.1) is 11.7 Å². The number of hydrogen-bond donors (Lipinski definition) is 0. The summed E-state index contributed by atoms with van der Waals surface area (Å²) in [5, 5.41) is 1.06. The van der Waals surface area contributed by atoms with Gasteiger partial charge >= 0.3 is 0 Å². The molecule has 0 fully saturated rings. The van der Waals surface area contributed by atoms with E-state index in [0.717, 1.165) is 10.9 Å². The van der Waals surface area contributed by atoms with Crippen molar-refractivity contribution in [3.8, 4) is 11.5 Å². The Bertz CT molecular complexity index is 767. The third kappa shape index (κ3) is 2.49. The maximum Gasteiger partial charge on any atom is 0.178 e. The summed E-state index contributed by atoms with van der Waals surface area (Å²) in [5.74, 6) is 1.21. The fraction of sp³-hybridized carbons (Fsp3) is 0.0625. The van der Waals surface area contributed by atoms with Gasteiger partial charge < -0.3 is 4.74 Å². The number of carbonyl (C=O) groups excluding carboxylic acids is 1. The van der Waals surface area contributed by atoms with Crippen LogP contribution in [0.2, 0.25) is 0 Å². The van der Waals surface area contributed by atoms with Gasteiger partial charge in [-0.2, -0.15) is 0 Å². The van der Waals surface area contributed by atoms with Crippen molar-refractivity contribution in [2.24, 2.45) is 0 Å². The van der Waals surface area contributed by atoms with Crippen molar-refractivity contribution in [2.75, 3.05) is 0 Å². The Morgan fingerprint density at radius 2 is 1.90 bits per heavy atom. The van der Waals surface area contributed by atoms with E-state index in [1.165, 1.54) is 6.92 Å². The molecule has 0 bridgehead atoms. The number of ketones is 1. The van der Waals surface area contributed by atoms with E-state index in [0.29, 0.717) is 17.2 Å². The zero-order valence-corrected chi connectivity index (χ0v) is 10.9. The van der Waals surface area contributed by atoms with Gasteiger partial charge in [0.25, 0.3) is 0 Å². The summed E-state index contributed by atoms with van der Waals surface area (Å²) in [6.07, 6.45) is 3.29. The molecule has 0 unspecified atom stereocenters. The Kier molecular flexibility index (Phi) is 3.13. The highest BCUT2D eigenvalue weighted by Gasteiger charge is 2.03. The Morgan fingerprint density at radius 1 is 1.05 bits per heavy atom. The standard InChI is InChI=1S/C16H12N2O2/c1-11(19)15-7-6-14(10-18-15)20-13-5-4-12-3-2-8-17-16(12)9-13/h2-10H,1H3. The summed E-state index contributed by atoms with van der Waals surface area (Å²) >= 11 is 0. The Labute approximate surface area is 116 Å². The zero-order chi connectivity index (χ0) is 13.9. The molecule has 2 aromatic heterocycles. The van der Waals surface area contributed by atoms with E-state index in [4.69, 9.17) is 4.74 Å². The number of benzene rings is 1. The first-order chi connectivity index (χ1) is 9.72. The fourth-order valence-corrected chi connectivity index (χ4v) is 1.89. The number of rotatable bonds is 3. The zero-order valence-electron chi connectivity index (χ0n) is 10.9. The van der Waals surface area contributed by atoms with Crippen LogP contribution in [0, 0.1) is 0 Å². The maximum atomic E-state index is 11.1. The Morgan fingerprint density at radius 3 is 2.65 bits per heavy atom. The van der Waals surface area contributed by atoms with E-state index in [-0.39, 0.29) is 5.78 Å². The highest BCUT2D eigenvalue weighted by Crippen LogP contribution is 2.24. The lowest BCUT2D eigenvalue weighted by Crippen LogP contribution is -1.96.